The molecular formula is C13H31N5O2S. The molecule has 0 aromatic carbocycles. The lowest BCUT2D eigenvalue weighted by molar-refractivity contribution is 0.181. The Bertz CT molecular complexity index is 399. The maximum Gasteiger partial charge on any atom is 0.210 e. The molecule has 0 atom stereocenters. The molecule has 0 unspecified atom stereocenters. The lowest BCUT2D eigenvalue weighted by Crippen LogP contribution is -2.42. The van der Waals surface area contributed by atoms with E-state index in [9.17, 15) is 8.42 Å². The fraction of sp³-hybridized carbons (Fsp3) is 0.923. The van der Waals surface area contributed by atoms with Crippen molar-refractivity contribution in [2.24, 2.45) is 10.1 Å². The van der Waals surface area contributed by atoms with Crippen molar-refractivity contribution in [3.63, 3.8) is 0 Å². The van der Waals surface area contributed by atoms with Gasteiger partial charge in [-0.2, -0.15) is 0 Å². The van der Waals surface area contributed by atoms with Gasteiger partial charge < -0.3 is 10.6 Å². The van der Waals surface area contributed by atoms with Crippen molar-refractivity contribution in [3.8, 4) is 0 Å². The van der Waals surface area contributed by atoms with Crippen LogP contribution in [0.15, 0.2) is 4.99 Å². The quantitative estimate of drug-likeness (QED) is 0.408. The number of guanidine groups is 1. The van der Waals surface area contributed by atoms with E-state index in [0.29, 0.717) is 24.6 Å². The Morgan fingerprint density at radius 2 is 1.76 bits per heavy atom. The van der Waals surface area contributed by atoms with Crippen LogP contribution in [0.25, 0.3) is 0 Å². The van der Waals surface area contributed by atoms with Crippen molar-refractivity contribution in [2.45, 2.75) is 46.7 Å². The summed E-state index contributed by atoms with van der Waals surface area (Å²) in [4.78, 5) is 6.81. The summed E-state index contributed by atoms with van der Waals surface area (Å²) in [6.07, 6.45) is 0. The largest absolute Gasteiger partial charge is 0.357 e. The van der Waals surface area contributed by atoms with Gasteiger partial charge in [-0.05, 0) is 34.6 Å². The van der Waals surface area contributed by atoms with Gasteiger partial charge in [-0.25, -0.2) is 13.6 Å². The maximum atomic E-state index is 10.9. The highest BCUT2D eigenvalue weighted by Gasteiger charge is 2.12. The van der Waals surface area contributed by atoms with E-state index in [4.69, 9.17) is 5.14 Å². The van der Waals surface area contributed by atoms with Crippen LogP contribution < -0.4 is 15.8 Å². The highest BCUT2D eigenvalue weighted by atomic mass is 32.2. The molecule has 0 bridgehead atoms. The van der Waals surface area contributed by atoms with Crippen LogP contribution >= 0.6 is 0 Å². The highest BCUT2D eigenvalue weighted by molar-refractivity contribution is 7.89. The summed E-state index contributed by atoms with van der Waals surface area (Å²) in [5, 5.41) is 11.0. The number of primary sulfonamides is 1. The van der Waals surface area contributed by atoms with E-state index >= 15 is 0 Å². The minimum Gasteiger partial charge on any atom is -0.357 e. The van der Waals surface area contributed by atoms with E-state index < -0.39 is 10.0 Å². The Kier molecular flexibility index (Phi) is 9.56. The second kappa shape index (κ2) is 9.97. The molecule has 8 heteroatoms. The van der Waals surface area contributed by atoms with Crippen molar-refractivity contribution in [1.82, 2.24) is 15.5 Å². The van der Waals surface area contributed by atoms with E-state index in [-0.39, 0.29) is 12.3 Å². The predicted octanol–water partition coefficient (Wildman–Crippen LogP) is -0.0512. The van der Waals surface area contributed by atoms with Crippen molar-refractivity contribution >= 4 is 16.0 Å². The van der Waals surface area contributed by atoms with Gasteiger partial charge in [0.1, 0.15) is 0 Å². The van der Waals surface area contributed by atoms with Gasteiger partial charge in [0.25, 0.3) is 0 Å². The Morgan fingerprint density at radius 3 is 2.19 bits per heavy atom. The topological polar surface area (TPSA) is 99.8 Å². The van der Waals surface area contributed by atoms with Gasteiger partial charge in [-0.15, -0.1) is 0 Å². The minimum atomic E-state index is -3.44. The van der Waals surface area contributed by atoms with Crippen LogP contribution in [0.4, 0.5) is 0 Å². The van der Waals surface area contributed by atoms with Crippen molar-refractivity contribution in [1.29, 1.82) is 0 Å². The van der Waals surface area contributed by atoms with Gasteiger partial charge in [0, 0.05) is 31.7 Å². The van der Waals surface area contributed by atoms with Crippen LogP contribution in [0.3, 0.4) is 0 Å². The zero-order valence-corrected chi connectivity index (χ0v) is 14.7. The predicted molar refractivity (Wildman–Crippen MR) is 88.9 cm³/mol. The van der Waals surface area contributed by atoms with Gasteiger partial charge >= 0.3 is 0 Å². The summed E-state index contributed by atoms with van der Waals surface area (Å²) in [7, 11) is -3.44. The lowest BCUT2D eigenvalue weighted by Gasteiger charge is -2.29. The Morgan fingerprint density at radius 1 is 1.19 bits per heavy atom. The molecule has 0 spiro atoms. The van der Waals surface area contributed by atoms with Gasteiger partial charge in [-0.1, -0.05) is 0 Å². The molecule has 4 N–H and O–H groups in total. The molecule has 0 radical (unpaired) electrons. The number of rotatable bonds is 9. The van der Waals surface area contributed by atoms with Gasteiger partial charge in [0.05, 0.1) is 12.3 Å². The van der Waals surface area contributed by atoms with Crippen LogP contribution in [-0.2, 0) is 10.0 Å². The summed E-state index contributed by atoms with van der Waals surface area (Å²) >= 11 is 0. The van der Waals surface area contributed by atoms with Crippen molar-refractivity contribution in [3.05, 3.63) is 0 Å². The Labute approximate surface area is 129 Å². The van der Waals surface area contributed by atoms with Gasteiger partial charge in [-0.3, -0.25) is 9.89 Å². The molecular weight excluding hydrogens is 290 g/mol. The normalized spacial score (nSPS) is 13.3. The van der Waals surface area contributed by atoms with Gasteiger partial charge in [0.2, 0.25) is 10.0 Å². The third-order valence-electron chi connectivity index (χ3n) is 2.98. The molecule has 0 fully saturated rings. The summed E-state index contributed by atoms with van der Waals surface area (Å²) in [5.41, 5.74) is 0. The maximum absolute atomic E-state index is 10.9. The molecule has 21 heavy (non-hydrogen) atoms. The summed E-state index contributed by atoms with van der Waals surface area (Å²) < 4.78 is 21.8. The molecule has 0 rings (SSSR count). The van der Waals surface area contributed by atoms with E-state index in [2.05, 4.69) is 48.2 Å². The second-order valence-electron chi connectivity index (χ2n) is 5.48. The molecule has 0 saturated heterocycles. The fourth-order valence-electron chi connectivity index (χ4n) is 2.04. The number of sulfonamides is 1. The number of hydrogen-bond donors (Lipinski definition) is 3. The first kappa shape index (κ1) is 20.1. The number of nitrogens with zero attached hydrogens (tertiary/aromatic N) is 2. The monoisotopic (exact) mass is 321 g/mol. The third-order valence-corrected chi connectivity index (χ3v) is 3.75. The SMILES string of the molecule is CCNC(=NCCN(C(C)C)C(C)C)NCCS(N)(=O)=O. The van der Waals surface area contributed by atoms with Crippen molar-refractivity contribution in [2.75, 3.05) is 31.9 Å². The number of aliphatic imine (C=N–C) groups is 1. The molecule has 0 amide bonds. The first-order valence-electron chi connectivity index (χ1n) is 7.45. The average molecular weight is 321 g/mol. The van der Waals surface area contributed by atoms with Crippen LogP contribution in [0.1, 0.15) is 34.6 Å². The smallest absolute Gasteiger partial charge is 0.210 e. The average Bonchev–Trinajstić information content (AvgIpc) is 2.31. The zero-order valence-electron chi connectivity index (χ0n) is 13.9. The van der Waals surface area contributed by atoms with Crippen molar-refractivity contribution < 1.29 is 8.42 Å². The lowest BCUT2D eigenvalue weighted by atomic mass is 10.2. The third kappa shape index (κ3) is 10.5. The first-order valence-corrected chi connectivity index (χ1v) is 9.17. The molecule has 0 aromatic heterocycles. The molecule has 0 heterocycles. The Balaban J connectivity index is 4.38. The van der Waals surface area contributed by atoms with Crippen LogP contribution in [0.2, 0.25) is 0 Å². The van der Waals surface area contributed by atoms with E-state index in [1.807, 2.05) is 6.92 Å². The molecule has 0 saturated carbocycles. The molecule has 0 aliphatic heterocycles. The van der Waals surface area contributed by atoms with E-state index in [0.717, 1.165) is 13.1 Å². The minimum absolute atomic E-state index is 0.110. The van der Waals surface area contributed by atoms with E-state index in [1.54, 1.807) is 0 Å². The molecule has 0 aliphatic carbocycles. The molecule has 7 nitrogen and oxygen atoms in total. The molecule has 126 valence electrons. The van der Waals surface area contributed by atoms with Crippen LogP contribution in [0, 0.1) is 0 Å². The molecule has 0 aromatic rings. The van der Waals surface area contributed by atoms with Crippen LogP contribution in [0.5, 0.6) is 0 Å². The Hall–Kier alpha value is -0.860. The summed E-state index contributed by atoms with van der Waals surface area (Å²) in [6.45, 7) is 13.1. The van der Waals surface area contributed by atoms with E-state index in [1.165, 1.54) is 0 Å². The fourth-order valence-corrected chi connectivity index (χ4v) is 2.43. The number of nitrogens with one attached hydrogen (secondary N) is 2. The number of hydrogen-bond acceptors (Lipinski definition) is 4. The molecule has 0 aliphatic rings. The first-order chi connectivity index (χ1) is 9.67. The second-order valence-corrected chi connectivity index (χ2v) is 7.21. The zero-order chi connectivity index (χ0) is 16.5. The summed E-state index contributed by atoms with van der Waals surface area (Å²) in [5.74, 6) is 0.509. The highest BCUT2D eigenvalue weighted by Crippen LogP contribution is 2.03. The van der Waals surface area contributed by atoms with Gasteiger partial charge in [0.15, 0.2) is 5.96 Å². The van der Waals surface area contributed by atoms with Crippen LogP contribution in [-0.4, -0.2) is 63.3 Å². The number of nitrogens with two attached hydrogens (primary N) is 1. The standard InChI is InChI=1S/C13H31N5O2S/c1-6-15-13(17-8-10-21(14,19)20)16-7-9-18(11(2)3)12(4)5/h11-12H,6-10H2,1-5H3,(H2,14,19,20)(H2,15,16,17). The summed E-state index contributed by atoms with van der Waals surface area (Å²) in [6, 6.07) is 0.941.